The summed E-state index contributed by atoms with van der Waals surface area (Å²) < 4.78 is 30.7. The fraction of sp³-hybridized carbons (Fsp3) is 0.111. The van der Waals surface area contributed by atoms with E-state index in [-0.39, 0.29) is 23.9 Å². The van der Waals surface area contributed by atoms with Crippen LogP contribution >= 0.6 is 0 Å². The second-order valence-electron chi connectivity index (χ2n) is 2.86. The average molecular weight is 211 g/mol. The van der Waals surface area contributed by atoms with Crippen LogP contribution in [0.15, 0.2) is 22.6 Å². The first-order valence-electron chi connectivity index (χ1n) is 4.18. The predicted octanol–water partition coefficient (Wildman–Crippen LogP) is 1.47. The molecule has 0 radical (unpaired) electrons. The number of aromatic nitrogens is 2. The van der Waals surface area contributed by atoms with E-state index in [0.717, 1.165) is 18.2 Å². The van der Waals surface area contributed by atoms with Gasteiger partial charge in [0.1, 0.15) is 11.6 Å². The Kier molecular flexibility index (Phi) is 2.42. The number of nitrogens with two attached hydrogens (primary N) is 1. The molecule has 15 heavy (non-hydrogen) atoms. The van der Waals surface area contributed by atoms with E-state index in [1.165, 1.54) is 0 Å². The molecule has 0 spiro atoms. The molecule has 0 unspecified atom stereocenters. The van der Waals surface area contributed by atoms with Crippen LogP contribution in [0.4, 0.5) is 8.78 Å². The number of halogens is 2. The third-order valence-corrected chi connectivity index (χ3v) is 1.75. The van der Waals surface area contributed by atoms with Crippen LogP contribution in [-0.2, 0) is 6.54 Å². The second kappa shape index (κ2) is 3.74. The zero-order valence-corrected chi connectivity index (χ0v) is 7.58. The van der Waals surface area contributed by atoms with E-state index in [9.17, 15) is 8.78 Å². The fourth-order valence-electron chi connectivity index (χ4n) is 1.13. The fourth-order valence-corrected chi connectivity index (χ4v) is 1.13. The first-order valence-corrected chi connectivity index (χ1v) is 4.18. The van der Waals surface area contributed by atoms with Crippen molar-refractivity contribution in [3.63, 3.8) is 0 Å². The summed E-state index contributed by atoms with van der Waals surface area (Å²) in [4.78, 5) is 0. The van der Waals surface area contributed by atoms with E-state index in [2.05, 4.69) is 10.2 Å². The number of nitrogens with zero attached hydrogens (tertiary/aromatic N) is 2. The first kappa shape index (κ1) is 9.72. The van der Waals surface area contributed by atoms with E-state index >= 15 is 0 Å². The zero-order valence-electron chi connectivity index (χ0n) is 7.58. The highest BCUT2D eigenvalue weighted by atomic mass is 19.1. The Hall–Kier alpha value is -1.82. The molecule has 0 aliphatic rings. The van der Waals surface area contributed by atoms with Crippen LogP contribution in [0.5, 0.6) is 0 Å². The summed E-state index contributed by atoms with van der Waals surface area (Å²) in [5.74, 6) is -1.13. The number of rotatable bonds is 2. The van der Waals surface area contributed by atoms with Crippen molar-refractivity contribution in [2.45, 2.75) is 6.54 Å². The third kappa shape index (κ3) is 1.99. The van der Waals surface area contributed by atoms with Crippen LogP contribution in [0, 0.1) is 11.6 Å². The summed E-state index contributed by atoms with van der Waals surface area (Å²) in [6.07, 6.45) is 0. The van der Waals surface area contributed by atoms with Gasteiger partial charge in [-0.2, -0.15) is 0 Å². The topological polar surface area (TPSA) is 64.9 Å². The Morgan fingerprint density at radius 1 is 1.13 bits per heavy atom. The lowest BCUT2D eigenvalue weighted by atomic mass is 10.2. The molecule has 0 saturated carbocycles. The minimum absolute atomic E-state index is 0.0499. The van der Waals surface area contributed by atoms with Gasteiger partial charge in [-0.15, -0.1) is 10.2 Å². The standard InChI is InChI=1S/C9H7F2N3O/c10-6-1-5(2-7(11)3-6)9-14-13-8(4-12)15-9/h1-3H,4,12H2. The number of hydrogen-bond donors (Lipinski definition) is 1. The maximum atomic E-state index is 12.8. The van der Waals surface area contributed by atoms with Crippen molar-refractivity contribution < 1.29 is 13.2 Å². The molecule has 1 aromatic heterocycles. The highest BCUT2D eigenvalue weighted by Gasteiger charge is 2.09. The molecular formula is C9H7F2N3O. The lowest BCUT2D eigenvalue weighted by Crippen LogP contribution is -1.95. The van der Waals surface area contributed by atoms with Gasteiger partial charge in [0, 0.05) is 11.6 Å². The average Bonchev–Trinajstić information content (AvgIpc) is 2.64. The van der Waals surface area contributed by atoms with Gasteiger partial charge in [-0.05, 0) is 12.1 Å². The van der Waals surface area contributed by atoms with Crippen molar-refractivity contribution in [2.75, 3.05) is 0 Å². The van der Waals surface area contributed by atoms with Crippen LogP contribution < -0.4 is 5.73 Å². The SMILES string of the molecule is NCc1nnc(-c2cc(F)cc(F)c2)o1. The summed E-state index contributed by atoms with van der Waals surface area (Å²) in [6, 6.07) is 2.98. The lowest BCUT2D eigenvalue weighted by Gasteiger charge is -1.95. The van der Waals surface area contributed by atoms with Gasteiger partial charge in [0.05, 0.1) is 6.54 Å². The van der Waals surface area contributed by atoms with Gasteiger partial charge < -0.3 is 10.2 Å². The molecule has 1 aromatic carbocycles. The van der Waals surface area contributed by atoms with E-state index < -0.39 is 11.6 Å². The molecule has 4 nitrogen and oxygen atoms in total. The minimum Gasteiger partial charge on any atom is -0.419 e. The Balaban J connectivity index is 2.44. The molecule has 1 heterocycles. The summed E-state index contributed by atoms with van der Waals surface area (Å²) in [5.41, 5.74) is 5.45. The quantitative estimate of drug-likeness (QED) is 0.816. The van der Waals surface area contributed by atoms with Gasteiger partial charge in [0.15, 0.2) is 0 Å². The molecule has 0 amide bonds. The summed E-state index contributed by atoms with van der Waals surface area (Å²) >= 11 is 0. The maximum Gasteiger partial charge on any atom is 0.248 e. The highest BCUT2D eigenvalue weighted by molar-refractivity contribution is 5.52. The van der Waals surface area contributed by atoms with E-state index in [1.807, 2.05) is 0 Å². The molecule has 0 aliphatic carbocycles. The van der Waals surface area contributed by atoms with Gasteiger partial charge in [0.25, 0.3) is 0 Å². The number of benzene rings is 1. The van der Waals surface area contributed by atoms with E-state index in [0.29, 0.717) is 0 Å². The van der Waals surface area contributed by atoms with Crippen molar-refractivity contribution in [2.24, 2.45) is 5.73 Å². The molecule has 0 aliphatic heterocycles. The third-order valence-electron chi connectivity index (χ3n) is 1.75. The van der Waals surface area contributed by atoms with Gasteiger partial charge in [-0.1, -0.05) is 0 Å². The van der Waals surface area contributed by atoms with E-state index in [4.69, 9.17) is 10.2 Å². The van der Waals surface area contributed by atoms with Crippen LogP contribution in [0.25, 0.3) is 11.5 Å². The zero-order chi connectivity index (χ0) is 10.8. The highest BCUT2D eigenvalue weighted by Crippen LogP contribution is 2.19. The monoisotopic (exact) mass is 211 g/mol. The molecule has 0 saturated heterocycles. The number of hydrogen-bond acceptors (Lipinski definition) is 4. The normalized spacial score (nSPS) is 10.6. The largest absolute Gasteiger partial charge is 0.419 e. The van der Waals surface area contributed by atoms with Crippen LogP contribution in [0.3, 0.4) is 0 Å². The Morgan fingerprint density at radius 3 is 2.33 bits per heavy atom. The Morgan fingerprint density at radius 2 is 1.80 bits per heavy atom. The van der Waals surface area contributed by atoms with Crippen molar-refractivity contribution in [1.29, 1.82) is 0 Å². The summed E-state index contributed by atoms with van der Waals surface area (Å²) in [6.45, 7) is 0.0881. The molecule has 2 aromatic rings. The lowest BCUT2D eigenvalue weighted by molar-refractivity contribution is 0.507. The van der Waals surface area contributed by atoms with Gasteiger partial charge in [-0.3, -0.25) is 0 Å². The molecule has 78 valence electrons. The molecule has 0 fully saturated rings. The Labute approximate surface area is 83.7 Å². The van der Waals surface area contributed by atoms with E-state index in [1.54, 1.807) is 0 Å². The molecule has 0 atom stereocenters. The second-order valence-corrected chi connectivity index (χ2v) is 2.86. The summed E-state index contributed by atoms with van der Waals surface area (Å²) in [5, 5.41) is 7.19. The van der Waals surface area contributed by atoms with Gasteiger partial charge in [0.2, 0.25) is 11.8 Å². The van der Waals surface area contributed by atoms with Gasteiger partial charge in [-0.25, -0.2) is 8.78 Å². The summed E-state index contributed by atoms with van der Waals surface area (Å²) in [7, 11) is 0. The molecular weight excluding hydrogens is 204 g/mol. The minimum atomic E-state index is -0.697. The van der Waals surface area contributed by atoms with Crippen molar-refractivity contribution >= 4 is 0 Å². The molecule has 2 rings (SSSR count). The molecule has 6 heteroatoms. The van der Waals surface area contributed by atoms with Gasteiger partial charge >= 0.3 is 0 Å². The van der Waals surface area contributed by atoms with Crippen LogP contribution in [0.2, 0.25) is 0 Å². The van der Waals surface area contributed by atoms with Crippen LogP contribution in [-0.4, -0.2) is 10.2 Å². The maximum absolute atomic E-state index is 12.8. The van der Waals surface area contributed by atoms with Crippen molar-refractivity contribution in [3.05, 3.63) is 35.7 Å². The Bertz CT molecular complexity index is 464. The van der Waals surface area contributed by atoms with Crippen molar-refractivity contribution in [3.8, 4) is 11.5 Å². The molecule has 2 N–H and O–H groups in total. The molecule has 0 bridgehead atoms. The smallest absolute Gasteiger partial charge is 0.248 e. The van der Waals surface area contributed by atoms with Crippen molar-refractivity contribution in [1.82, 2.24) is 10.2 Å². The predicted molar refractivity (Wildman–Crippen MR) is 47.5 cm³/mol. The van der Waals surface area contributed by atoms with Crippen LogP contribution in [0.1, 0.15) is 5.89 Å². The first-order chi connectivity index (χ1) is 7.19.